The lowest BCUT2D eigenvalue weighted by atomic mass is 10.1. The number of amides is 4. The third-order valence-electron chi connectivity index (χ3n) is 3.55. The van der Waals surface area contributed by atoms with Crippen molar-refractivity contribution in [2.45, 2.75) is 45.3 Å². The number of alkyl carbamates (subject to hydrolysis) is 1. The lowest BCUT2D eigenvalue weighted by Gasteiger charge is -2.23. The van der Waals surface area contributed by atoms with Crippen molar-refractivity contribution >= 4 is 29.7 Å². The van der Waals surface area contributed by atoms with Crippen molar-refractivity contribution in [3.05, 3.63) is 29.8 Å². The van der Waals surface area contributed by atoms with Crippen LogP contribution < -0.4 is 21.7 Å². The molecule has 0 saturated carbocycles. The molecule has 0 fully saturated rings. The smallest absolute Gasteiger partial charge is 0.408 e. The molecule has 5 N–H and O–H groups in total. The SMILES string of the molecule is COC(=O)c1ccc(NC(=O)[C@H](CCCNC(N)=O)NC(=O)OC(C)(C)C)cc1. The molecule has 29 heavy (non-hydrogen) atoms. The molecular weight excluding hydrogens is 380 g/mol. The molecule has 0 spiro atoms. The first-order valence-electron chi connectivity index (χ1n) is 9.04. The predicted molar refractivity (Wildman–Crippen MR) is 106 cm³/mol. The fraction of sp³-hybridized carbons (Fsp3) is 0.474. The maximum absolute atomic E-state index is 12.6. The number of carbonyl (C=O) groups is 4. The van der Waals surface area contributed by atoms with Gasteiger partial charge >= 0.3 is 18.1 Å². The fourth-order valence-corrected chi connectivity index (χ4v) is 2.27. The van der Waals surface area contributed by atoms with Gasteiger partial charge in [-0.05, 0) is 57.9 Å². The van der Waals surface area contributed by atoms with E-state index in [-0.39, 0.29) is 13.0 Å². The molecule has 0 bridgehead atoms. The number of nitrogens with two attached hydrogens (primary N) is 1. The van der Waals surface area contributed by atoms with Gasteiger partial charge in [-0.3, -0.25) is 4.79 Å². The maximum atomic E-state index is 12.6. The average Bonchev–Trinajstić information content (AvgIpc) is 2.62. The van der Waals surface area contributed by atoms with Crippen molar-refractivity contribution in [1.82, 2.24) is 10.6 Å². The summed E-state index contributed by atoms with van der Waals surface area (Å²) >= 11 is 0. The van der Waals surface area contributed by atoms with Gasteiger partial charge < -0.3 is 31.2 Å². The van der Waals surface area contributed by atoms with E-state index in [0.717, 1.165) is 0 Å². The quantitative estimate of drug-likeness (QED) is 0.380. The second-order valence-corrected chi connectivity index (χ2v) is 7.19. The number of carbonyl (C=O) groups excluding carboxylic acids is 4. The molecule has 10 heteroatoms. The Labute approximate surface area is 169 Å². The maximum Gasteiger partial charge on any atom is 0.408 e. The first kappa shape index (κ1) is 23.7. The highest BCUT2D eigenvalue weighted by Gasteiger charge is 2.24. The molecule has 1 aromatic carbocycles. The largest absolute Gasteiger partial charge is 0.465 e. The van der Waals surface area contributed by atoms with E-state index in [4.69, 9.17) is 10.5 Å². The predicted octanol–water partition coefficient (Wildman–Crippen LogP) is 1.75. The summed E-state index contributed by atoms with van der Waals surface area (Å²) in [5.74, 6) is -0.963. The lowest BCUT2D eigenvalue weighted by Crippen LogP contribution is -2.46. The highest BCUT2D eigenvalue weighted by atomic mass is 16.6. The number of urea groups is 1. The summed E-state index contributed by atoms with van der Waals surface area (Å²) in [7, 11) is 1.28. The van der Waals surface area contributed by atoms with Gasteiger partial charge in [-0.15, -0.1) is 0 Å². The Kier molecular flexibility index (Phi) is 8.91. The molecule has 0 saturated heterocycles. The summed E-state index contributed by atoms with van der Waals surface area (Å²) in [6.45, 7) is 5.38. The second kappa shape index (κ2) is 10.9. The molecule has 0 aliphatic heterocycles. The normalized spacial score (nSPS) is 11.7. The van der Waals surface area contributed by atoms with Crippen LogP contribution in [0.5, 0.6) is 0 Å². The van der Waals surface area contributed by atoms with Gasteiger partial charge in [-0.25, -0.2) is 14.4 Å². The number of esters is 1. The molecule has 0 radical (unpaired) electrons. The zero-order valence-electron chi connectivity index (χ0n) is 17.0. The molecule has 10 nitrogen and oxygen atoms in total. The minimum Gasteiger partial charge on any atom is -0.465 e. The van der Waals surface area contributed by atoms with Crippen LogP contribution in [0.1, 0.15) is 44.0 Å². The van der Waals surface area contributed by atoms with Gasteiger partial charge in [-0.1, -0.05) is 0 Å². The van der Waals surface area contributed by atoms with Crippen LogP contribution in [0.2, 0.25) is 0 Å². The molecule has 0 unspecified atom stereocenters. The van der Waals surface area contributed by atoms with Crippen LogP contribution in [-0.2, 0) is 14.3 Å². The van der Waals surface area contributed by atoms with Gasteiger partial charge in [0, 0.05) is 12.2 Å². The van der Waals surface area contributed by atoms with Crippen molar-refractivity contribution in [2.24, 2.45) is 5.73 Å². The number of benzene rings is 1. The first-order valence-corrected chi connectivity index (χ1v) is 9.04. The Bertz CT molecular complexity index is 727. The highest BCUT2D eigenvalue weighted by Crippen LogP contribution is 2.12. The van der Waals surface area contributed by atoms with E-state index < -0.39 is 35.6 Å². The average molecular weight is 408 g/mol. The number of hydrogen-bond acceptors (Lipinski definition) is 6. The number of nitrogens with one attached hydrogen (secondary N) is 3. The second-order valence-electron chi connectivity index (χ2n) is 7.19. The summed E-state index contributed by atoms with van der Waals surface area (Å²) in [6.07, 6.45) is -0.0921. The van der Waals surface area contributed by atoms with E-state index >= 15 is 0 Å². The Hall–Kier alpha value is -3.30. The van der Waals surface area contributed by atoms with E-state index in [1.807, 2.05) is 0 Å². The first-order chi connectivity index (χ1) is 13.5. The molecule has 0 aliphatic carbocycles. The summed E-state index contributed by atoms with van der Waals surface area (Å²) in [5, 5.41) is 7.62. The van der Waals surface area contributed by atoms with Gasteiger partial charge in [0.1, 0.15) is 11.6 Å². The molecule has 1 rings (SSSR count). The van der Waals surface area contributed by atoms with E-state index in [2.05, 4.69) is 20.7 Å². The van der Waals surface area contributed by atoms with Gasteiger partial charge in [0.15, 0.2) is 0 Å². The van der Waals surface area contributed by atoms with Crippen molar-refractivity contribution in [2.75, 3.05) is 19.0 Å². The number of primary amides is 1. The third-order valence-corrected chi connectivity index (χ3v) is 3.55. The number of rotatable bonds is 8. The lowest BCUT2D eigenvalue weighted by molar-refractivity contribution is -0.118. The molecule has 4 amide bonds. The minimum atomic E-state index is -0.903. The van der Waals surface area contributed by atoms with Crippen LogP contribution >= 0.6 is 0 Å². The van der Waals surface area contributed by atoms with Crippen molar-refractivity contribution in [3.63, 3.8) is 0 Å². The van der Waals surface area contributed by atoms with Crippen LogP contribution in [0.25, 0.3) is 0 Å². The Morgan fingerprint density at radius 2 is 1.72 bits per heavy atom. The molecule has 0 heterocycles. The van der Waals surface area contributed by atoms with Crippen molar-refractivity contribution in [1.29, 1.82) is 0 Å². The Balaban J connectivity index is 2.78. The van der Waals surface area contributed by atoms with Crippen LogP contribution in [0, 0.1) is 0 Å². The van der Waals surface area contributed by atoms with E-state index in [1.165, 1.54) is 19.2 Å². The van der Waals surface area contributed by atoms with E-state index in [1.54, 1.807) is 32.9 Å². The summed E-state index contributed by atoms with van der Waals surface area (Å²) in [4.78, 5) is 46.9. The van der Waals surface area contributed by atoms with Crippen molar-refractivity contribution in [3.8, 4) is 0 Å². The topological polar surface area (TPSA) is 149 Å². The zero-order chi connectivity index (χ0) is 22.0. The standard InChI is InChI=1S/C19H28N4O6/c1-19(2,3)29-18(27)23-14(6-5-11-21-17(20)26)15(24)22-13-9-7-12(8-10-13)16(25)28-4/h7-10,14H,5-6,11H2,1-4H3,(H,22,24)(H,23,27)(H3,20,21,26)/t14-/m0/s1. The van der Waals surface area contributed by atoms with Crippen LogP contribution in [-0.4, -0.2) is 49.3 Å². The third kappa shape index (κ3) is 9.45. The van der Waals surface area contributed by atoms with Crippen molar-refractivity contribution < 1.29 is 28.7 Å². The molecule has 0 aromatic heterocycles. The van der Waals surface area contributed by atoms with Gasteiger partial charge in [0.05, 0.1) is 12.7 Å². The molecule has 1 aromatic rings. The number of ether oxygens (including phenoxy) is 2. The zero-order valence-corrected chi connectivity index (χ0v) is 17.0. The number of hydrogen-bond donors (Lipinski definition) is 4. The van der Waals surface area contributed by atoms with E-state index in [9.17, 15) is 19.2 Å². The molecular formula is C19H28N4O6. The van der Waals surface area contributed by atoms with Gasteiger partial charge in [0.2, 0.25) is 5.91 Å². The van der Waals surface area contributed by atoms with Gasteiger partial charge in [-0.2, -0.15) is 0 Å². The Morgan fingerprint density at radius 1 is 1.10 bits per heavy atom. The van der Waals surface area contributed by atoms with Gasteiger partial charge in [0.25, 0.3) is 0 Å². The number of methoxy groups -OCH3 is 1. The highest BCUT2D eigenvalue weighted by molar-refractivity contribution is 5.97. The summed E-state index contributed by atoms with van der Waals surface area (Å²) in [6, 6.07) is 4.53. The summed E-state index contributed by atoms with van der Waals surface area (Å²) in [5.41, 5.74) is 5.07. The molecule has 0 aliphatic rings. The van der Waals surface area contributed by atoms with Crippen LogP contribution in [0.15, 0.2) is 24.3 Å². The number of anilines is 1. The van der Waals surface area contributed by atoms with Crippen LogP contribution in [0.3, 0.4) is 0 Å². The molecule has 160 valence electrons. The molecule has 1 atom stereocenters. The Morgan fingerprint density at radius 3 is 2.24 bits per heavy atom. The minimum absolute atomic E-state index is 0.242. The van der Waals surface area contributed by atoms with Crippen LogP contribution in [0.4, 0.5) is 15.3 Å². The fourth-order valence-electron chi connectivity index (χ4n) is 2.27. The monoisotopic (exact) mass is 408 g/mol. The van der Waals surface area contributed by atoms with E-state index in [0.29, 0.717) is 17.7 Å². The summed E-state index contributed by atoms with van der Waals surface area (Å²) < 4.78 is 9.82.